The lowest BCUT2D eigenvalue weighted by Gasteiger charge is -2.24. The molecule has 8 heteroatoms. The zero-order valence-corrected chi connectivity index (χ0v) is 16.9. The van der Waals surface area contributed by atoms with Gasteiger partial charge in [-0.3, -0.25) is 14.4 Å². The van der Waals surface area contributed by atoms with Gasteiger partial charge in [0.2, 0.25) is 11.8 Å². The van der Waals surface area contributed by atoms with Crippen LogP contribution in [-0.2, 0) is 9.59 Å². The molecule has 2 aliphatic heterocycles. The van der Waals surface area contributed by atoms with Crippen molar-refractivity contribution < 1.29 is 19.1 Å². The molecule has 0 bridgehead atoms. The molecule has 0 saturated carbocycles. The maximum absolute atomic E-state index is 12.8. The Hall–Kier alpha value is -3.00. The van der Waals surface area contributed by atoms with E-state index in [1.54, 1.807) is 61.0 Å². The largest absolute Gasteiger partial charge is 0.497 e. The Morgan fingerprint density at radius 1 is 1.17 bits per heavy atom. The zero-order valence-electron chi connectivity index (χ0n) is 16.0. The van der Waals surface area contributed by atoms with Crippen molar-refractivity contribution in [2.24, 2.45) is 0 Å². The topological polar surface area (TPSA) is 87.7 Å². The summed E-state index contributed by atoms with van der Waals surface area (Å²) < 4.78 is 5.09. The van der Waals surface area contributed by atoms with E-state index in [2.05, 4.69) is 10.6 Å². The quantitative estimate of drug-likeness (QED) is 0.789. The molecule has 3 atom stereocenters. The molecule has 2 aliphatic rings. The van der Waals surface area contributed by atoms with Crippen molar-refractivity contribution in [1.82, 2.24) is 10.2 Å². The molecule has 2 heterocycles. The minimum Gasteiger partial charge on any atom is -0.497 e. The Kier molecular flexibility index (Phi) is 5.19. The molecule has 0 spiro atoms. The van der Waals surface area contributed by atoms with E-state index in [-0.39, 0.29) is 23.1 Å². The second-order valence-corrected chi connectivity index (χ2v) is 8.06. The molecular weight excluding hydrogens is 390 g/mol. The molecule has 7 nitrogen and oxygen atoms in total. The van der Waals surface area contributed by atoms with Crippen LogP contribution in [0.15, 0.2) is 48.5 Å². The van der Waals surface area contributed by atoms with Gasteiger partial charge in [-0.15, -0.1) is 11.8 Å². The van der Waals surface area contributed by atoms with Gasteiger partial charge in [0.15, 0.2) is 0 Å². The highest BCUT2D eigenvalue weighted by Crippen LogP contribution is 2.48. The number of ether oxygens (including phenoxy) is 1. The van der Waals surface area contributed by atoms with Gasteiger partial charge in [0.1, 0.15) is 23.2 Å². The summed E-state index contributed by atoms with van der Waals surface area (Å²) in [5, 5.41) is 5.36. The van der Waals surface area contributed by atoms with Crippen LogP contribution < -0.4 is 15.4 Å². The predicted octanol–water partition coefficient (Wildman–Crippen LogP) is 2.41. The molecule has 1 fully saturated rings. The monoisotopic (exact) mass is 411 g/mol. The van der Waals surface area contributed by atoms with E-state index in [0.29, 0.717) is 22.8 Å². The Labute approximate surface area is 172 Å². The summed E-state index contributed by atoms with van der Waals surface area (Å²) in [4.78, 5) is 39.6. The van der Waals surface area contributed by atoms with Crippen LogP contribution in [0.2, 0.25) is 0 Å². The summed E-state index contributed by atoms with van der Waals surface area (Å²) >= 11 is 1.57. The second kappa shape index (κ2) is 7.79. The number of rotatable bonds is 5. The molecule has 0 aliphatic carbocycles. The van der Waals surface area contributed by atoms with Gasteiger partial charge in [-0.2, -0.15) is 0 Å². The highest BCUT2D eigenvalue weighted by Gasteiger charge is 2.48. The highest BCUT2D eigenvalue weighted by atomic mass is 32.2. The van der Waals surface area contributed by atoms with E-state index >= 15 is 0 Å². The third-order valence-corrected chi connectivity index (χ3v) is 6.41. The first-order valence-corrected chi connectivity index (χ1v) is 10.3. The average molecular weight is 411 g/mol. The van der Waals surface area contributed by atoms with E-state index in [0.717, 1.165) is 5.56 Å². The van der Waals surface area contributed by atoms with Crippen LogP contribution >= 0.6 is 11.8 Å². The number of anilines is 1. The molecule has 2 aromatic rings. The second-order valence-electron chi connectivity index (χ2n) is 6.95. The number of nitrogens with one attached hydrogen (secondary N) is 2. The summed E-state index contributed by atoms with van der Waals surface area (Å²) in [6, 6.07) is 13.0. The third kappa shape index (κ3) is 3.55. The van der Waals surface area contributed by atoms with Crippen LogP contribution in [-0.4, -0.2) is 47.6 Å². The molecular formula is C21H21N3O4S. The van der Waals surface area contributed by atoms with Gasteiger partial charge in [0.25, 0.3) is 5.91 Å². The lowest BCUT2D eigenvalue weighted by atomic mass is 10.1. The number of hydrogen-bond acceptors (Lipinski definition) is 5. The summed E-state index contributed by atoms with van der Waals surface area (Å²) in [6.07, 6.45) is 0. The number of nitrogens with zero attached hydrogens (tertiary/aromatic N) is 1. The van der Waals surface area contributed by atoms with Gasteiger partial charge in [-0.05, 0) is 42.8 Å². The van der Waals surface area contributed by atoms with E-state index < -0.39 is 12.1 Å². The number of hydrogen-bond donors (Lipinski definition) is 2. The summed E-state index contributed by atoms with van der Waals surface area (Å²) in [7, 11) is 1.57. The molecule has 0 aromatic heterocycles. The molecule has 2 aromatic carbocycles. The van der Waals surface area contributed by atoms with Crippen LogP contribution in [0.1, 0.15) is 28.2 Å². The molecule has 3 unspecified atom stereocenters. The normalized spacial score (nSPS) is 20.6. The average Bonchev–Trinajstić information content (AvgIpc) is 3.29. The molecule has 29 heavy (non-hydrogen) atoms. The predicted molar refractivity (Wildman–Crippen MR) is 111 cm³/mol. The smallest absolute Gasteiger partial charge is 0.256 e. The SMILES string of the molecule is COc1ccc(NC(=O)C(C)NC(=O)C2CSC3c4ccccc4C(=O)N23)cc1. The lowest BCUT2D eigenvalue weighted by Crippen LogP contribution is -2.51. The fourth-order valence-electron chi connectivity index (χ4n) is 3.54. The van der Waals surface area contributed by atoms with Gasteiger partial charge in [-0.1, -0.05) is 18.2 Å². The number of thioether (sulfide) groups is 1. The maximum Gasteiger partial charge on any atom is 0.256 e. The van der Waals surface area contributed by atoms with Crippen molar-refractivity contribution >= 4 is 35.2 Å². The van der Waals surface area contributed by atoms with Gasteiger partial charge >= 0.3 is 0 Å². The number of carbonyl (C=O) groups is 3. The Morgan fingerprint density at radius 3 is 2.62 bits per heavy atom. The maximum atomic E-state index is 12.8. The van der Waals surface area contributed by atoms with Crippen molar-refractivity contribution in [2.45, 2.75) is 24.4 Å². The van der Waals surface area contributed by atoms with Gasteiger partial charge < -0.3 is 20.3 Å². The minimum absolute atomic E-state index is 0.133. The van der Waals surface area contributed by atoms with Crippen LogP contribution in [0, 0.1) is 0 Å². The highest BCUT2D eigenvalue weighted by molar-refractivity contribution is 7.99. The van der Waals surface area contributed by atoms with E-state index in [1.807, 2.05) is 18.2 Å². The van der Waals surface area contributed by atoms with Gasteiger partial charge in [0.05, 0.1) is 7.11 Å². The number of amides is 3. The standard InChI is InChI=1S/C21H21N3O4S/c1-12(18(25)23-13-7-9-14(28-2)10-8-13)22-19(26)17-11-29-21-16-6-4-3-5-15(16)20(27)24(17)21/h3-10,12,17,21H,11H2,1-2H3,(H,22,26)(H,23,25). The zero-order chi connectivity index (χ0) is 20.5. The van der Waals surface area contributed by atoms with Crippen molar-refractivity contribution in [1.29, 1.82) is 0 Å². The van der Waals surface area contributed by atoms with Crippen molar-refractivity contribution in [2.75, 3.05) is 18.2 Å². The Morgan fingerprint density at radius 2 is 1.90 bits per heavy atom. The first kappa shape index (κ1) is 19.3. The minimum atomic E-state index is -0.742. The number of benzene rings is 2. The molecule has 4 rings (SSSR count). The van der Waals surface area contributed by atoms with Crippen LogP contribution in [0.25, 0.3) is 0 Å². The fourth-order valence-corrected chi connectivity index (χ4v) is 5.01. The number of carbonyl (C=O) groups excluding carboxylic acids is 3. The van der Waals surface area contributed by atoms with Crippen molar-refractivity contribution in [3.63, 3.8) is 0 Å². The summed E-state index contributed by atoms with van der Waals surface area (Å²) in [6.45, 7) is 1.62. The van der Waals surface area contributed by atoms with E-state index in [1.165, 1.54) is 0 Å². The van der Waals surface area contributed by atoms with E-state index in [4.69, 9.17) is 4.74 Å². The molecule has 150 valence electrons. The first-order chi connectivity index (χ1) is 14.0. The molecule has 2 N–H and O–H groups in total. The van der Waals surface area contributed by atoms with Crippen LogP contribution in [0.3, 0.4) is 0 Å². The van der Waals surface area contributed by atoms with Gasteiger partial charge in [-0.25, -0.2) is 0 Å². The van der Waals surface area contributed by atoms with Gasteiger partial charge in [0, 0.05) is 17.0 Å². The Balaban J connectivity index is 1.39. The van der Waals surface area contributed by atoms with Crippen molar-refractivity contribution in [3.05, 3.63) is 59.7 Å². The van der Waals surface area contributed by atoms with Crippen molar-refractivity contribution in [3.8, 4) is 5.75 Å². The summed E-state index contributed by atoms with van der Waals surface area (Å²) in [5.74, 6) is 0.406. The third-order valence-electron chi connectivity index (χ3n) is 5.10. The number of fused-ring (bicyclic) bond motifs is 3. The Bertz CT molecular complexity index is 963. The fraction of sp³-hybridized carbons (Fsp3) is 0.286. The molecule has 0 radical (unpaired) electrons. The lowest BCUT2D eigenvalue weighted by molar-refractivity contribution is -0.128. The van der Waals surface area contributed by atoms with Crippen LogP contribution in [0.5, 0.6) is 5.75 Å². The molecule has 3 amide bonds. The first-order valence-electron chi connectivity index (χ1n) is 9.28. The van der Waals surface area contributed by atoms with E-state index in [9.17, 15) is 14.4 Å². The number of methoxy groups -OCH3 is 1. The molecule has 1 saturated heterocycles. The van der Waals surface area contributed by atoms with Crippen LogP contribution in [0.4, 0.5) is 5.69 Å². The summed E-state index contributed by atoms with van der Waals surface area (Å²) in [5.41, 5.74) is 2.20.